The number of aryl methyl sites for hydroxylation is 1. The highest BCUT2D eigenvalue weighted by atomic mass is 32.1. The fraction of sp³-hybridized carbons (Fsp3) is 0.300. The van der Waals surface area contributed by atoms with Crippen molar-refractivity contribution in [2.45, 2.75) is 32.1 Å². The molecule has 0 spiro atoms. The maximum absolute atomic E-state index is 12.8. The van der Waals surface area contributed by atoms with Crippen LogP contribution in [0.1, 0.15) is 45.5 Å². The predicted molar refractivity (Wildman–Crippen MR) is 104 cm³/mol. The van der Waals surface area contributed by atoms with E-state index in [2.05, 4.69) is 26.5 Å². The molecule has 4 aromatic rings. The summed E-state index contributed by atoms with van der Waals surface area (Å²) >= 11 is 1.67. The fourth-order valence-corrected chi connectivity index (χ4v) is 4.25. The molecule has 1 aliphatic rings. The zero-order valence-corrected chi connectivity index (χ0v) is 15.7. The Morgan fingerprint density at radius 2 is 2.15 bits per heavy atom. The molecule has 1 aromatic carbocycles. The van der Waals surface area contributed by atoms with Crippen LogP contribution in [-0.4, -0.2) is 27.6 Å². The summed E-state index contributed by atoms with van der Waals surface area (Å²) in [6.45, 7) is 2.37. The molecule has 0 bridgehead atoms. The van der Waals surface area contributed by atoms with Crippen LogP contribution >= 0.6 is 11.3 Å². The third kappa shape index (κ3) is 3.08. The third-order valence-corrected chi connectivity index (χ3v) is 5.94. The van der Waals surface area contributed by atoms with Crippen molar-refractivity contribution < 1.29 is 9.32 Å². The van der Waals surface area contributed by atoms with Gasteiger partial charge in [0.1, 0.15) is 0 Å². The molecule has 3 heterocycles. The van der Waals surface area contributed by atoms with Gasteiger partial charge < -0.3 is 9.84 Å². The van der Waals surface area contributed by atoms with E-state index in [1.54, 1.807) is 11.3 Å². The first-order valence-electron chi connectivity index (χ1n) is 9.08. The lowest BCUT2D eigenvalue weighted by molar-refractivity contribution is 0.0955. The number of nitrogens with zero attached hydrogens (tertiary/aromatic N) is 3. The van der Waals surface area contributed by atoms with Crippen molar-refractivity contribution in [2.75, 3.05) is 6.54 Å². The Labute approximate surface area is 159 Å². The van der Waals surface area contributed by atoms with Gasteiger partial charge in [0.15, 0.2) is 0 Å². The molecular weight excluding hydrogens is 360 g/mol. The monoisotopic (exact) mass is 378 g/mol. The van der Waals surface area contributed by atoms with Crippen molar-refractivity contribution in [1.29, 1.82) is 0 Å². The summed E-state index contributed by atoms with van der Waals surface area (Å²) in [7, 11) is 0. The van der Waals surface area contributed by atoms with Crippen molar-refractivity contribution in [2.24, 2.45) is 0 Å². The quantitative estimate of drug-likeness (QED) is 0.568. The number of aromatic nitrogens is 3. The van der Waals surface area contributed by atoms with Crippen molar-refractivity contribution in [3.8, 4) is 0 Å². The third-order valence-electron chi connectivity index (χ3n) is 4.84. The Kier molecular flexibility index (Phi) is 3.89. The molecule has 0 aliphatic heterocycles. The maximum atomic E-state index is 12.8. The van der Waals surface area contributed by atoms with E-state index in [4.69, 9.17) is 4.52 Å². The number of rotatable bonds is 5. The van der Waals surface area contributed by atoms with Crippen LogP contribution in [0.3, 0.4) is 0 Å². The van der Waals surface area contributed by atoms with Crippen molar-refractivity contribution >= 4 is 38.6 Å². The predicted octanol–water partition coefficient (Wildman–Crippen LogP) is 3.99. The summed E-state index contributed by atoms with van der Waals surface area (Å²) in [5.41, 5.74) is 3.68. The summed E-state index contributed by atoms with van der Waals surface area (Å²) in [5, 5.41) is 8.73. The molecule has 5 rings (SSSR count). The molecule has 27 heavy (non-hydrogen) atoms. The number of pyridine rings is 1. The highest BCUT2D eigenvalue weighted by molar-refractivity contribution is 7.18. The number of carbonyl (C=O) groups excluding carboxylic acids is 1. The van der Waals surface area contributed by atoms with E-state index in [1.165, 1.54) is 4.70 Å². The highest BCUT2D eigenvalue weighted by Crippen LogP contribution is 2.40. The van der Waals surface area contributed by atoms with Crippen LogP contribution in [0, 0.1) is 6.92 Å². The van der Waals surface area contributed by atoms with E-state index in [0.29, 0.717) is 41.2 Å². The van der Waals surface area contributed by atoms with Gasteiger partial charge in [-0.2, -0.15) is 0 Å². The lowest BCUT2D eigenvalue weighted by atomic mass is 10.1. The molecular formula is C20H18N4O2S. The minimum atomic E-state index is -0.114. The Hall–Kier alpha value is -2.80. The summed E-state index contributed by atoms with van der Waals surface area (Å²) in [5.74, 6) is 0.325. The second-order valence-corrected chi connectivity index (χ2v) is 8.01. The molecule has 7 heteroatoms. The molecule has 0 atom stereocenters. The number of nitrogens with one attached hydrogen (secondary N) is 1. The molecule has 0 unspecified atom stereocenters. The Morgan fingerprint density at radius 3 is 2.96 bits per heavy atom. The smallest absolute Gasteiger partial charge is 0.259 e. The number of fused-ring (bicyclic) bond motifs is 2. The average Bonchev–Trinajstić information content (AvgIpc) is 3.35. The highest BCUT2D eigenvalue weighted by Gasteiger charge is 2.28. The van der Waals surface area contributed by atoms with Crippen LogP contribution in [0.4, 0.5) is 0 Å². The zero-order chi connectivity index (χ0) is 18.4. The van der Waals surface area contributed by atoms with Crippen LogP contribution in [-0.2, 0) is 6.42 Å². The van der Waals surface area contributed by atoms with Gasteiger partial charge in [-0.25, -0.2) is 9.97 Å². The zero-order valence-electron chi connectivity index (χ0n) is 14.9. The lowest BCUT2D eigenvalue weighted by Crippen LogP contribution is -2.26. The minimum absolute atomic E-state index is 0.114. The first-order chi connectivity index (χ1) is 13.2. The molecule has 1 aliphatic carbocycles. The number of carbonyl (C=O) groups is 1. The average molecular weight is 378 g/mol. The van der Waals surface area contributed by atoms with Gasteiger partial charge in [0.25, 0.3) is 11.6 Å². The van der Waals surface area contributed by atoms with Gasteiger partial charge in [0.2, 0.25) is 0 Å². The molecule has 1 saturated carbocycles. The number of hydrogen-bond acceptors (Lipinski definition) is 6. The Morgan fingerprint density at radius 1 is 1.30 bits per heavy atom. The molecule has 1 amide bonds. The summed E-state index contributed by atoms with van der Waals surface area (Å²) < 4.78 is 6.49. The van der Waals surface area contributed by atoms with Gasteiger partial charge in [-0.3, -0.25) is 4.79 Å². The number of benzene rings is 1. The van der Waals surface area contributed by atoms with E-state index in [0.717, 1.165) is 29.1 Å². The van der Waals surface area contributed by atoms with Crippen LogP contribution in [0.5, 0.6) is 0 Å². The van der Waals surface area contributed by atoms with Crippen LogP contribution in [0.2, 0.25) is 0 Å². The van der Waals surface area contributed by atoms with Crippen LogP contribution in [0.25, 0.3) is 21.3 Å². The molecule has 0 radical (unpaired) electrons. The molecule has 0 saturated heterocycles. The number of hydrogen-bond donors (Lipinski definition) is 1. The fourth-order valence-electron chi connectivity index (χ4n) is 3.29. The van der Waals surface area contributed by atoms with E-state index < -0.39 is 0 Å². The topological polar surface area (TPSA) is 80.9 Å². The Bertz CT molecular complexity index is 1130. The standard InChI is InChI=1S/C20H18N4O2S/c1-11-18-13(10-15(12-6-7-12)23-20(18)26-24-11)19(25)21-9-8-17-22-14-4-2-3-5-16(14)27-17/h2-5,10,12H,6-9H2,1H3,(H,21,25). The van der Waals surface area contributed by atoms with Crippen LogP contribution < -0.4 is 5.32 Å². The molecule has 3 aromatic heterocycles. The van der Waals surface area contributed by atoms with E-state index in [1.807, 2.05) is 31.2 Å². The summed E-state index contributed by atoms with van der Waals surface area (Å²) in [6.07, 6.45) is 2.94. The van der Waals surface area contributed by atoms with Gasteiger partial charge in [-0.05, 0) is 38.0 Å². The normalized spacial score (nSPS) is 14.1. The second-order valence-electron chi connectivity index (χ2n) is 6.90. The maximum Gasteiger partial charge on any atom is 0.259 e. The minimum Gasteiger partial charge on any atom is -0.352 e. The van der Waals surface area contributed by atoms with E-state index in [-0.39, 0.29) is 5.91 Å². The molecule has 6 nitrogen and oxygen atoms in total. The van der Waals surface area contributed by atoms with Crippen molar-refractivity contribution in [3.05, 3.63) is 52.3 Å². The largest absolute Gasteiger partial charge is 0.352 e. The molecule has 1 fully saturated rings. The van der Waals surface area contributed by atoms with Crippen molar-refractivity contribution in [1.82, 2.24) is 20.4 Å². The number of para-hydroxylation sites is 1. The van der Waals surface area contributed by atoms with Crippen LogP contribution in [0.15, 0.2) is 34.9 Å². The van der Waals surface area contributed by atoms with Gasteiger partial charge >= 0.3 is 0 Å². The number of thiazole rings is 1. The SMILES string of the molecule is Cc1noc2nc(C3CC3)cc(C(=O)NCCc3nc4ccccc4s3)c12. The van der Waals surface area contributed by atoms with Gasteiger partial charge in [-0.15, -0.1) is 11.3 Å². The number of amides is 1. The second kappa shape index (κ2) is 6.42. The first kappa shape index (κ1) is 16.4. The van der Waals surface area contributed by atoms with E-state index in [9.17, 15) is 4.79 Å². The Balaban J connectivity index is 1.35. The molecule has 1 N–H and O–H groups in total. The van der Waals surface area contributed by atoms with E-state index >= 15 is 0 Å². The van der Waals surface area contributed by atoms with Crippen molar-refractivity contribution in [3.63, 3.8) is 0 Å². The lowest BCUT2D eigenvalue weighted by Gasteiger charge is -2.07. The van der Waals surface area contributed by atoms with Gasteiger partial charge in [0.05, 0.1) is 31.9 Å². The van der Waals surface area contributed by atoms with Gasteiger partial charge in [-0.1, -0.05) is 17.3 Å². The summed E-state index contributed by atoms with van der Waals surface area (Å²) in [4.78, 5) is 22.0. The first-order valence-corrected chi connectivity index (χ1v) is 9.90. The summed E-state index contributed by atoms with van der Waals surface area (Å²) in [6, 6.07) is 9.98. The van der Waals surface area contributed by atoms with Gasteiger partial charge in [0, 0.05) is 24.6 Å². The molecule has 136 valence electrons.